The van der Waals surface area contributed by atoms with Crippen LogP contribution >= 0.6 is 0 Å². The van der Waals surface area contributed by atoms with E-state index in [1.165, 1.54) is 6.07 Å². The van der Waals surface area contributed by atoms with Crippen LogP contribution in [0.4, 0.5) is 0 Å². The lowest BCUT2D eigenvalue weighted by Crippen LogP contribution is -2.35. The Balaban J connectivity index is 0.00000140. The highest BCUT2D eigenvalue weighted by Gasteiger charge is 2.42. The number of aryl methyl sites for hydroxylation is 2. The zero-order valence-corrected chi connectivity index (χ0v) is 24.8. The lowest BCUT2D eigenvalue weighted by atomic mass is 9.74. The van der Waals surface area contributed by atoms with Crippen LogP contribution in [0.5, 0.6) is 0 Å². The van der Waals surface area contributed by atoms with Crippen molar-refractivity contribution in [2.24, 2.45) is 0 Å². The molecule has 0 heterocycles. The molecule has 0 saturated heterocycles. The molecule has 2 aromatic rings. The van der Waals surface area contributed by atoms with E-state index in [-0.39, 0.29) is 11.3 Å². The van der Waals surface area contributed by atoms with Gasteiger partial charge in [0.15, 0.2) is 0 Å². The first-order valence-electron chi connectivity index (χ1n) is 13.3. The molecular formula is C28H46O6S2. The van der Waals surface area contributed by atoms with E-state index in [1.54, 1.807) is 18.2 Å². The smallest absolute Gasteiger partial charge is 0.285 e. The van der Waals surface area contributed by atoms with Crippen molar-refractivity contribution < 1.29 is 25.9 Å². The highest BCUT2D eigenvalue weighted by Crippen LogP contribution is 2.45. The summed E-state index contributed by atoms with van der Waals surface area (Å²) >= 11 is 0. The lowest BCUT2D eigenvalue weighted by molar-refractivity contribution is 0.442. The molecule has 206 valence electrons. The number of benzene rings is 2. The van der Waals surface area contributed by atoms with Crippen LogP contribution in [0.2, 0.25) is 0 Å². The minimum atomic E-state index is -4.56. The fraction of sp³-hybridized carbons (Fsp3) is 0.571. The fourth-order valence-corrected chi connectivity index (χ4v) is 6.60. The molecular weight excluding hydrogens is 496 g/mol. The van der Waals surface area contributed by atoms with Crippen LogP contribution in [-0.2, 0) is 39.5 Å². The van der Waals surface area contributed by atoms with Crippen LogP contribution in [0.1, 0.15) is 108 Å². The molecule has 0 bridgehead atoms. The molecule has 6 nitrogen and oxygen atoms in total. The molecule has 0 aliphatic heterocycles. The second-order valence-electron chi connectivity index (χ2n) is 7.57. The van der Waals surface area contributed by atoms with Crippen molar-refractivity contribution in [3.63, 3.8) is 0 Å². The van der Waals surface area contributed by atoms with Crippen molar-refractivity contribution >= 4 is 20.2 Å². The summed E-state index contributed by atoms with van der Waals surface area (Å²) in [6, 6.07) is 10.4. The quantitative estimate of drug-likeness (QED) is 0.395. The predicted molar refractivity (Wildman–Crippen MR) is 150 cm³/mol. The third-order valence-corrected chi connectivity index (χ3v) is 8.15. The summed E-state index contributed by atoms with van der Waals surface area (Å²) in [7, 11) is -9.00. The molecule has 8 heteroatoms. The topological polar surface area (TPSA) is 109 Å². The Morgan fingerprint density at radius 3 is 1.81 bits per heavy atom. The molecule has 0 unspecified atom stereocenters. The van der Waals surface area contributed by atoms with E-state index in [0.29, 0.717) is 24.0 Å². The van der Waals surface area contributed by atoms with Crippen molar-refractivity contribution in [3.8, 4) is 0 Å². The Kier molecular flexibility index (Phi) is 15.4. The average Bonchev–Trinajstić information content (AvgIpc) is 2.91. The van der Waals surface area contributed by atoms with Crippen LogP contribution in [0.3, 0.4) is 0 Å². The average molecular weight is 543 g/mol. The van der Waals surface area contributed by atoms with Gasteiger partial charge in [-0.1, -0.05) is 85.7 Å². The van der Waals surface area contributed by atoms with Crippen molar-refractivity contribution in [1.29, 1.82) is 0 Å². The van der Waals surface area contributed by atoms with Crippen LogP contribution in [0.15, 0.2) is 41.3 Å². The summed E-state index contributed by atoms with van der Waals surface area (Å²) in [5.74, 6) is -0.843. The van der Waals surface area contributed by atoms with Crippen molar-refractivity contribution in [1.82, 2.24) is 0 Å². The van der Waals surface area contributed by atoms with Gasteiger partial charge in [-0.2, -0.15) is 16.8 Å². The molecule has 2 aliphatic carbocycles. The van der Waals surface area contributed by atoms with Gasteiger partial charge in [0.25, 0.3) is 20.2 Å². The fourth-order valence-electron chi connectivity index (χ4n) is 4.79. The second kappa shape index (κ2) is 16.2. The molecule has 2 atom stereocenters. The zero-order valence-electron chi connectivity index (χ0n) is 23.2. The molecule has 0 fully saturated rings. The van der Waals surface area contributed by atoms with E-state index >= 15 is 0 Å². The Hall–Kier alpha value is -1.74. The van der Waals surface area contributed by atoms with Gasteiger partial charge in [-0.05, 0) is 72.4 Å². The van der Waals surface area contributed by atoms with E-state index in [9.17, 15) is 25.9 Å². The molecule has 0 spiro atoms. The van der Waals surface area contributed by atoms with E-state index in [1.807, 2.05) is 67.5 Å². The largest absolute Gasteiger partial charge is 0.294 e. The Labute approximate surface area is 220 Å². The first-order chi connectivity index (χ1) is 17.2. The third kappa shape index (κ3) is 8.13. The summed E-state index contributed by atoms with van der Waals surface area (Å²) in [5, 5.41) is -1.16. The molecule has 0 saturated carbocycles. The maximum absolute atomic E-state index is 12.3. The van der Waals surface area contributed by atoms with Crippen LogP contribution in [0.25, 0.3) is 0 Å². The van der Waals surface area contributed by atoms with Crippen LogP contribution in [0, 0.1) is 0 Å². The standard InChI is InChI=1S/C20H22O6S2.4C2H6/c21-27(22,23)17-11-9-13-5-1-3-7-15(13)19(17)20-16-8-4-2-6-14(16)10-12-18(20)28(24,25)26;4*1-2/h1,3,5,7,10,12,17,19H,2,4,6,8-9,11H2,(H,21,22,23)(H,24,25,26);4*1-2H3/t17-,19+;;;;/m1..../s1. The Morgan fingerprint density at radius 2 is 1.25 bits per heavy atom. The summed E-state index contributed by atoms with van der Waals surface area (Å²) in [4.78, 5) is -0.261. The van der Waals surface area contributed by atoms with Gasteiger partial charge in [-0.3, -0.25) is 9.11 Å². The predicted octanol–water partition coefficient (Wildman–Crippen LogP) is 7.25. The second-order valence-corrected chi connectivity index (χ2v) is 10.6. The highest BCUT2D eigenvalue weighted by atomic mass is 32.2. The molecule has 0 aromatic heterocycles. The summed E-state index contributed by atoms with van der Waals surface area (Å²) in [5.41, 5.74) is 3.72. The van der Waals surface area contributed by atoms with E-state index in [4.69, 9.17) is 0 Å². The van der Waals surface area contributed by atoms with Gasteiger partial charge >= 0.3 is 0 Å². The van der Waals surface area contributed by atoms with Gasteiger partial charge in [0.05, 0.1) is 10.1 Å². The van der Waals surface area contributed by atoms with Crippen LogP contribution in [-0.4, -0.2) is 31.2 Å². The minimum absolute atomic E-state index is 0.190. The van der Waals surface area contributed by atoms with Gasteiger partial charge < -0.3 is 0 Å². The maximum atomic E-state index is 12.3. The van der Waals surface area contributed by atoms with Crippen molar-refractivity contribution in [2.45, 2.75) is 110 Å². The van der Waals surface area contributed by atoms with Gasteiger partial charge in [0, 0.05) is 5.92 Å². The zero-order chi connectivity index (χ0) is 28.1. The SMILES string of the molecule is CC.CC.CC.CC.O=S(=O)(O)c1ccc2c(c1[C@H]1c3ccccc3CC[C@H]1S(=O)(=O)O)CCCC2. The van der Waals surface area contributed by atoms with E-state index < -0.39 is 31.4 Å². The normalized spacial score (nSPS) is 18.1. The summed E-state index contributed by atoms with van der Waals surface area (Å²) in [6.07, 6.45) is 3.90. The lowest BCUT2D eigenvalue weighted by Gasteiger charge is -2.35. The van der Waals surface area contributed by atoms with Crippen molar-refractivity contribution in [2.75, 3.05) is 0 Å². The molecule has 0 radical (unpaired) electrons. The molecule has 2 aromatic carbocycles. The van der Waals surface area contributed by atoms with Gasteiger partial charge in [0.1, 0.15) is 0 Å². The number of hydrogen-bond acceptors (Lipinski definition) is 4. The summed E-state index contributed by atoms with van der Waals surface area (Å²) in [6.45, 7) is 16.0. The number of hydrogen-bond donors (Lipinski definition) is 2. The molecule has 36 heavy (non-hydrogen) atoms. The first-order valence-corrected chi connectivity index (χ1v) is 16.3. The number of rotatable bonds is 3. The molecule has 0 amide bonds. The monoisotopic (exact) mass is 542 g/mol. The van der Waals surface area contributed by atoms with Crippen molar-refractivity contribution in [3.05, 3.63) is 64.2 Å². The maximum Gasteiger partial charge on any atom is 0.294 e. The molecule has 2 aliphatic rings. The van der Waals surface area contributed by atoms with Gasteiger partial charge in [-0.15, -0.1) is 0 Å². The van der Waals surface area contributed by atoms with E-state index in [2.05, 4.69) is 0 Å². The van der Waals surface area contributed by atoms with Crippen LogP contribution < -0.4 is 0 Å². The van der Waals surface area contributed by atoms with Gasteiger partial charge in [0.2, 0.25) is 0 Å². The number of fused-ring (bicyclic) bond motifs is 2. The molecule has 4 rings (SSSR count). The first kappa shape index (κ1) is 34.3. The highest BCUT2D eigenvalue weighted by molar-refractivity contribution is 7.86. The third-order valence-electron chi connectivity index (χ3n) is 5.97. The van der Waals surface area contributed by atoms with Gasteiger partial charge in [-0.25, -0.2) is 0 Å². The Morgan fingerprint density at radius 1 is 0.694 bits per heavy atom. The molecule has 2 N–H and O–H groups in total. The summed E-state index contributed by atoms with van der Waals surface area (Å²) < 4.78 is 68.8. The van der Waals surface area contributed by atoms with E-state index in [0.717, 1.165) is 36.0 Å². The Bertz CT molecular complexity index is 1140. The minimum Gasteiger partial charge on any atom is -0.285 e.